The van der Waals surface area contributed by atoms with Crippen LogP contribution in [0.4, 0.5) is 0 Å². The summed E-state index contributed by atoms with van der Waals surface area (Å²) < 4.78 is 10.8. The molecule has 0 bridgehead atoms. The summed E-state index contributed by atoms with van der Waals surface area (Å²) >= 11 is 0. The van der Waals surface area contributed by atoms with E-state index in [-0.39, 0.29) is 18.0 Å². The summed E-state index contributed by atoms with van der Waals surface area (Å²) in [6.07, 6.45) is 3.37. The van der Waals surface area contributed by atoms with Crippen molar-refractivity contribution in [1.29, 1.82) is 0 Å². The number of rotatable bonds is 4. The summed E-state index contributed by atoms with van der Waals surface area (Å²) in [6, 6.07) is 11.6. The molecule has 4 rings (SSSR count). The average molecular weight is 378 g/mol. The number of hydrogen-bond acceptors (Lipinski definition) is 5. The number of carbonyl (C=O) groups is 1. The van der Waals surface area contributed by atoms with E-state index >= 15 is 0 Å². The highest BCUT2D eigenvalue weighted by molar-refractivity contribution is 5.95. The molecule has 0 saturated carbocycles. The first kappa shape index (κ1) is 18.4. The number of carbonyl (C=O) groups excluding carboxylic acids is 1. The number of fused-ring (bicyclic) bond motifs is 1. The van der Waals surface area contributed by atoms with Gasteiger partial charge >= 0.3 is 5.63 Å². The van der Waals surface area contributed by atoms with Gasteiger partial charge in [0.2, 0.25) is 0 Å². The number of para-hydroxylation sites is 1. The highest BCUT2D eigenvalue weighted by atomic mass is 16.5. The van der Waals surface area contributed by atoms with E-state index in [4.69, 9.17) is 9.15 Å². The summed E-state index contributed by atoms with van der Waals surface area (Å²) in [6.45, 7) is 3.38. The number of nitrogens with zero attached hydrogens (tertiary/aromatic N) is 1. The molecular weight excluding hydrogens is 356 g/mol. The predicted octanol–water partition coefficient (Wildman–Crippen LogP) is 3.32. The maximum Gasteiger partial charge on any atom is 0.349 e. The molecule has 2 aromatic heterocycles. The molecule has 1 N–H and O–H groups in total. The fourth-order valence-electron chi connectivity index (χ4n) is 3.57. The molecule has 144 valence electrons. The van der Waals surface area contributed by atoms with Crippen molar-refractivity contribution in [2.45, 2.75) is 32.2 Å². The Hall–Kier alpha value is -2.99. The van der Waals surface area contributed by atoms with Crippen molar-refractivity contribution in [2.75, 3.05) is 13.2 Å². The molecule has 0 atom stereocenters. The molecule has 0 radical (unpaired) electrons. The second kappa shape index (κ2) is 7.94. The van der Waals surface area contributed by atoms with Gasteiger partial charge in [0.1, 0.15) is 11.3 Å². The molecule has 1 fully saturated rings. The lowest BCUT2D eigenvalue weighted by molar-refractivity contribution is 0.0795. The SMILES string of the molecule is Cc1cc(C2CCOCC2)oc(=O)c1C(=O)NCc1cnc2ccccc2c1. The smallest absolute Gasteiger partial charge is 0.349 e. The summed E-state index contributed by atoms with van der Waals surface area (Å²) in [5, 5.41) is 3.81. The Morgan fingerprint density at radius 3 is 2.79 bits per heavy atom. The second-order valence-electron chi connectivity index (χ2n) is 7.10. The van der Waals surface area contributed by atoms with Gasteiger partial charge in [-0.05, 0) is 49.1 Å². The van der Waals surface area contributed by atoms with E-state index in [0.29, 0.717) is 24.5 Å². The van der Waals surface area contributed by atoms with E-state index in [1.165, 1.54) is 0 Å². The van der Waals surface area contributed by atoms with Crippen molar-refractivity contribution in [3.63, 3.8) is 0 Å². The van der Waals surface area contributed by atoms with Crippen molar-refractivity contribution in [1.82, 2.24) is 10.3 Å². The van der Waals surface area contributed by atoms with E-state index in [0.717, 1.165) is 29.3 Å². The first-order valence-corrected chi connectivity index (χ1v) is 9.46. The topological polar surface area (TPSA) is 81.4 Å². The van der Waals surface area contributed by atoms with Crippen LogP contribution in [0.25, 0.3) is 10.9 Å². The maximum atomic E-state index is 12.6. The molecular formula is C22H22N2O4. The number of nitrogens with one attached hydrogen (secondary N) is 1. The Kier molecular flexibility index (Phi) is 5.21. The molecule has 0 spiro atoms. The molecule has 3 aromatic rings. The van der Waals surface area contributed by atoms with E-state index in [2.05, 4.69) is 10.3 Å². The van der Waals surface area contributed by atoms with Gasteiger partial charge in [-0.3, -0.25) is 9.78 Å². The van der Waals surface area contributed by atoms with Crippen LogP contribution in [0.2, 0.25) is 0 Å². The zero-order valence-electron chi connectivity index (χ0n) is 15.7. The van der Waals surface area contributed by atoms with E-state index in [1.807, 2.05) is 36.4 Å². The largest absolute Gasteiger partial charge is 0.427 e. The van der Waals surface area contributed by atoms with Crippen LogP contribution in [-0.4, -0.2) is 24.1 Å². The summed E-state index contributed by atoms with van der Waals surface area (Å²) in [5.74, 6) is 0.375. The first-order chi connectivity index (χ1) is 13.6. The quantitative estimate of drug-likeness (QED) is 0.753. The van der Waals surface area contributed by atoms with Crippen LogP contribution in [0.5, 0.6) is 0 Å². The molecule has 28 heavy (non-hydrogen) atoms. The van der Waals surface area contributed by atoms with Gasteiger partial charge in [0.25, 0.3) is 5.91 Å². The molecule has 0 unspecified atom stereocenters. The van der Waals surface area contributed by atoms with Crippen LogP contribution in [0.3, 0.4) is 0 Å². The first-order valence-electron chi connectivity index (χ1n) is 9.46. The van der Waals surface area contributed by atoms with Gasteiger partial charge in [-0.15, -0.1) is 0 Å². The summed E-state index contributed by atoms with van der Waals surface area (Å²) in [5.41, 5.74) is 1.87. The lowest BCUT2D eigenvalue weighted by Gasteiger charge is -2.21. The van der Waals surface area contributed by atoms with E-state index in [1.54, 1.807) is 13.1 Å². The summed E-state index contributed by atoms with van der Waals surface area (Å²) in [7, 11) is 0. The van der Waals surface area contributed by atoms with Crippen molar-refractivity contribution >= 4 is 16.8 Å². The second-order valence-corrected chi connectivity index (χ2v) is 7.10. The third kappa shape index (κ3) is 3.82. The van der Waals surface area contributed by atoms with Crippen LogP contribution in [-0.2, 0) is 11.3 Å². The molecule has 1 aliphatic heterocycles. The highest BCUT2D eigenvalue weighted by Crippen LogP contribution is 2.27. The van der Waals surface area contributed by atoms with Gasteiger partial charge in [-0.1, -0.05) is 18.2 Å². The normalized spacial score (nSPS) is 14.9. The molecule has 1 amide bonds. The Morgan fingerprint density at radius 2 is 2.00 bits per heavy atom. The fourth-order valence-corrected chi connectivity index (χ4v) is 3.57. The molecule has 1 saturated heterocycles. The third-order valence-corrected chi connectivity index (χ3v) is 5.12. The number of hydrogen-bond donors (Lipinski definition) is 1. The van der Waals surface area contributed by atoms with Crippen LogP contribution in [0, 0.1) is 6.92 Å². The van der Waals surface area contributed by atoms with Crippen molar-refractivity contribution in [3.8, 4) is 0 Å². The number of pyridine rings is 1. The Balaban J connectivity index is 1.50. The van der Waals surface area contributed by atoms with Crippen LogP contribution < -0.4 is 10.9 Å². The van der Waals surface area contributed by atoms with Crippen LogP contribution in [0.1, 0.15) is 46.0 Å². The van der Waals surface area contributed by atoms with Gasteiger partial charge in [-0.25, -0.2) is 4.79 Å². The zero-order valence-corrected chi connectivity index (χ0v) is 15.7. The van der Waals surface area contributed by atoms with Gasteiger partial charge in [0.05, 0.1) is 5.52 Å². The number of aryl methyl sites for hydroxylation is 1. The van der Waals surface area contributed by atoms with Crippen molar-refractivity contribution in [2.24, 2.45) is 0 Å². The molecule has 6 nitrogen and oxygen atoms in total. The molecule has 1 aliphatic rings. The molecule has 6 heteroatoms. The minimum Gasteiger partial charge on any atom is -0.427 e. The standard InChI is InChI=1S/C22H22N2O4/c1-14-10-19(16-6-8-27-9-7-16)28-22(26)20(14)21(25)24-13-15-11-17-4-2-3-5-18(17)23-12-15/h2-5,10-12,16H,6-9,13H2,1H3,(H,24,25). The van der Waals surface area contributed by atoms with Gasteiger partial charge in [0, 0.05) is 37.3 Å². The lowest BCUT2D eigenvalue weighted by Crippen LogP contribution is -2.29. The zero-order chi connectivity index (χ0) is 19.5. The highest BCUT2D eigenvalue weighted by Gasteiger charge is 2.22. The van der Waals surface area contributed by atoms with Gasteiger partial charge in [0.15, 0.2) is 0 Å². The minimum atomic E-state index is -0.587. The average Bonchev–Trinajstić information content (AvgIpc) is 2.72. The maximum absolute atomic E-state index is 12.6. The fraction of sp³-hybridized carbons (Fsp3) is 0.318. The monoisotopic (exact) mass is 378 g/mol. The Labute approximate surface area is 162 Å². The summed E-state index contributed by atoms with van der Waals surface area (Å²) in [4.78, 5) is 29.4. The van der Waals surface area contributed by atoms with Gasteiger partial charge in [-0.2, -0.15) is 0 Å². The van der Waals surface area contributed by atoms with Crippen molar-refractivity contribution in [3.05, 3.63) is 75.5 Å². The Bertz CT molecular complexity index is 1070. The molecule has 3 heterocycles. The van der Waals surface area contributed by atoms with Crippen LogP contribution in [0.15, 0.2) is 51.8 Å². The van der Waals surface area contributed by atoms with E-state index < -0.39 is 11.5 Å². The minimum absolute atomic E-state index is 0.0598. The van der Waals surface area contributed by atoms with Crippen LogP contribution >= 0.6 is 0 Å². The number of ether oxygens (including phenoxy) is 1. The lowest BCUT2D eigenvalue weighted by atomic mass is 9.95. The molecule has 0 aliphatic carbocycles. The molecule has 1 aromatic carbocycles. The third-order valence-electron chi connectivity index (χ3n) is 5.12. The number of amides is 1. The van der Waals surface area contributed by atoms with E-state index in [9.17, 15) is 9.59 Å². The number of benzene rings is 1. The number of aromatic nitrogens is 1. The Morgan fingerprint density at radius 1 is 1.21 bits per heavy atom. The predicted molar refractivity (Wildman–Crippen MR) is 105 cm³/mol. The van der Waals surface area contributed by atoms with Crippen molar-refractivity contribution < 1.29 is 13.9 Å². The van der Waals surface area contributed by atoms with Gasteiger partial charge < -0.3 is 14.5 Å².